The van der Waals surface area contributed by atoms with Crippen LogP contribution in [0, 0.1) is 13.8 Å². The van der Waals surface area contributed by atoms with Crippen LogP contribution in [-0.4, -0.2) is 35.1 Å². The normalized spacial score (nSPS) is 16.4. The molecule has 1 aromatic heterocycles. The Labute approximate surface area is 121 Å². The number of hydrogen-bond acceptors (Lipinski definition) is 4. The van der Waals surface area contributed by atoms with Gasteiger partial charge < -0.3 is 10.1 Å². The van der Waals surface area contributed by atoms with Gasteiger partial charge in [-0.2, -0.15) is 0 Å². The molecule has 0 radical (unpaired) electrons. The summed E-state index contributed by atoms with van der Waals surface area (Å²) in [6, 6.07) is 0.221. The quantitative estimate of drug-likeness (QED) is 0.917. The number of hydrogen-bond donors (Lipinski definition) is 1. The van der Waals surface area contributed by atoms with Crippen molar-refractivity contribution in [1.82, 2.24) is 15.3 Å². The van der Waals surface area contributed by atoms with Crippen LogP contribution in [0.2, 0.25) is 0 Å². The second-order valence-electron chi connectivity index (χ2n) is 4.76. The second kappa shape index (κ2) is 6.43. The highest BCUT2D eigenvalue weighted by Crippen LogP contribution is 2.17. The molecule has 104 valence electrons. The summed E-state index contributed by atoms with van der Waals surface area (Å²) < 4.78 is 6.17. The predicted molar refractivity (Wildman–Crippen MR) is 74.9 cm³/mol. The highest BCUT2D eigenvalue weighted by Gasteiger charge is 2.17. The first-order valence-corrected chi connectivity index (χ1v) is 7.22. The van der Waals surface area contributed by atoms with Gasteiger partial charge in [-0.15, -0.1) is 0 Å². The van der Waals surface area contributed by atoms with Crippen LogP contribution in [0.5, 0.6) is 0 Å². The van der Waals surface area contributed by atoms with E-state index in [-0.39, 0.29) is 18.4 Å². The first-order chi connectivity index (χ1) is 9.06. The van der Waals surface area contributed by atoms with Crippen molar-refractivity contribution in [1.29, 1.82) is 0 Å². The molecular weight excluding hydrogens is 310 g/mol. The van der Waals surface area contributed by atoms with Crippen LogP contribution in [0.1, 0.15) is 30.1 Å². The Bertz CT molecular complexity index is 450. The Morgan fingerprint density at radius 1 is 1.32 bits per heavy atom. The molecule has 0 unspecified atom stereocenters. The van der Waals surface area contributed by atoms with Gasteiger partial charge in [0.05, 0.1) is 22.3 Å². The Balaban J connectivity index is 1.94. The van der Waals surface area contributed by atoms with E-state index in [1.165, 1.54) is 0 Å². The van der Waals surface area contributed by atoms with Gasteiger partial charge >= 0.3 is 0 Å². The van der Waals surface area contributed by atoms with Gasteiger partial charge in [0.1, 0.15) is 5.82 Å². The van der Waals surface area contributed by atoms with Crippen molar-refractivity contribution in [3.63, 3.8) is 0 Å². The van der Waals surface area contributed by atoms with E-state index < -0.39 is 0 Å². The summed E-state index contributed by atoms with van der Waals surface area (Å²) in [7, 11) is 0. The number of aromatic nitrogens is 2. The fraction of sp³-hybridized carbons (Fsp3) is 0.615. The largest absolute Gasteiger partial charge is 0.381 e. The third-order valence-corrected chi connectivity index (χ3v) is 4.28. The lowest BCUT2D eigenvalue weighted by Crippen LogP contribution is -2.39. The molecule has 5 nitrogen and oxygen atoms in total. The third kappa shape index (κ3) is 3.98. The number of nitrogens with one attached hydrogen (secondary N) is 1. The van der Waals surface area contributed by atoms with Gasteiger partial charge in [0, 0.05) is 19.3 Å². The lowest BCUT2D eigenvalue weighted by molar-refractivity contribution is -0.121. The first kappa shape index (κ1) is 14.4. The molecule has 1 N–H and O–H groups in total. The van der Waals surface area contributed by atoms with Crippen molar-refractivity contribution in [2.24, 2.45) is 0 Å². The highest BCUT2D eigenvalue weighted by atomic mass is 79.9. The zero-order valence-corrected chi connectivity index (χ0v) is 12.8. The van der Waals surface area contributed by atoms with Gasteiger partial charge in [0.2, 0.25) is 5.91 Å². The number of nitrogens with zero attached hydrogens (tertiary/aromatic N) is 2. The van der Waals surface area contributed by atoms with Crippen LogP contribution in [0.3, 0.4) is 0 Å². The van der Waals surface area contributed by atoms with Gasteiger partial charge in [-0.3, -0.25) is 4.79 Å². The number of aryl methyl sites for hydroxylation is 2. The van der Waals surface area contributed by atoms with E-state index >= 15 is 0 Å². The maximum absolute atomic E-state index is 11.9. The van der Waals surface area contributed by atoms with Crippen LogP contribution >= 0.6 is 15.9 Å². The minimum Gasteiger partial charge on any atom is -0.381 e. The molecule has 2 rings (SSSR count). The lowest BCUT2D eigenvalue weighted by Gasteiger charge is -2.23. The zero-order chi connectivity index (χ0) is 13.8. The minimum absolute atomic E-state index is 0.0203. The molecule has 0 atom stereocenters. The standard InChI is InChI=1S/C13H18BrN3O2/c1-8-13(14)9(2)16-11(15-8)7-12(18)17-10-3-5-19-6-4-10/h10H,3-7H2,1-2H3,(H,17,18). The molecule has 0 aliphatic carbocycles. The molecule has 1 aromatic rings. The maximum atomic E-state index is 11.9. The topological polar surface area (TPSA) is 64.1 Å². The van der Waals surface area contributed by atoms with E-state index in [4.69, 9.17) is 4.74 Å². The van der Waals surface area contributed by atoms with E-state index in [2.05, 4.69) is 31.2 Å². The van der Waals surface area contributed by atoms with Crippen LogP contribution in [0.25, 0.3) is 0 Å². The van der Waals surface area contributed by atoms with Crippen LogP contribution in [0.4, 0.5) is 0 Å². The molecule has 1 saturated heterocycles. The van der Waals surface area contributed by atoms with E-state index in [0.29, 0.717) is 5.82 Å². The SMILES string of the molecule is Cc1nc(CC(=O)NC2CCOCC2)nc(C)c1Br. The van der Waals surface area contributed by atoms with Crippen molar-refractivity contribution in [2.45, 2.75) is 39.2 Å². The molecule has 19 heavy (non-hydrogen) atoms. The summed E-state index contributed by atoms with van der Waals surface area (Å²) in [6.45, 7) is 5.24. The fourth-order valence-corrected chi connectivity index (χ4v) is 2.29. The maximum Gasteiger partial charge on any atom is 0.227 e. The summed E-state index contributed by atoms with van der Waals surface area (Å²) in [4.78, 5) is 20.6. The number of carbonyl (C=O) groups excluding carboxylic acids is 1. The summed E-state index contributed by atoms with van der Waals surface area (Å²) >= 11 is 3.42. The average molecular weight is 328 g/mol. The number of carbonyl (C=O) groups is 1. The van der Waals surface area contributed by atoms with E-state index in [0.717, 1.165) is 41.9 Å². The molecule has 6 heteroatoms. The molecule has 1 aliphatic rings. The van der Waals surface area contributed by atoms with E-state index in [9.17, 15) is 4.79 Å². The average Bonchev–Trinajstić information content (AvgIpc) is 2.37. The summed E-state index contributed by atoms with van der Waals surface area (Å²) in [5.41, 5.74) is 1.72. The van der Waals surface area contributed by atoms with Crippen molar-refractivity contribution in [3.05, 3.63) is 21.7 Å². The molecule has 1 amide bonds. The number of rotatable bonds is 3. The molecule has 0 bridgehead atoms. The van der Waals surface area contributed by atoms with Crippen molar-refractivity contribution in [2.75, 3.05) is 13.2 Å². The van der Waals surface area contributed by atoms with Gasteiger partial charge in [-0.05, 0) is 42.6 Å². The van der Waals surface area contributed by atoms with Gasteiger partial charge in [-0.1, -0.05) is 0 Å². The van der Waals surface area contributed by atoms with E-state index in [1.54, 1.807) is 0 Å². The predicted octanol–water partition coefficient (Wildman–Crippen LogP) is 1.69. The number of halogens is 1. The molecule has 1 aliphatic heterocycles. The van der Waals surface area contributed by atoms with Crippen molar-refractivity contribution >= 4 is 21.8 Å². The smallest absolute Gasteiger partial charge is 0.227 e. The van der Waals surface area contributed by atoms with E-state index in [1.807, 2.05) is 13.8 Å². The number of amides is 1. The Hall–Kier alpha value is -1.01. The summed E-state index contributed by atoms with van der Waals surface area (Å²) in [5, 5.41) is 3.01. The molecule has 1 fully saturated rings. The monoisotopic (exact) mass is 327 g/mol. The summed E-state index contributed by atoms with van der Waals surface area (Å²) in [5.74, 6) is 0.552. The van der Waals surface area contributed by atoms with Gasteiger partial charge in [-0.25, -0.2) is 9.97 Å². The molecule has 0 saturated carbocycles. The summed E-state index contributed by atoms with van der Waals surface area (Å²) in [6.07, 6.45) is 1.99. The Kier molecular flexibility index (Phi) is 4.87. The first-order valence-electron chi connectivity index (χ1n) is 6.43. The lowest BCUT2D eigenvalue weighted by atomic mass is 10.1. The Morgan fingerprint density at radius 3 is 2.47 bits per heavy atom. The van der Waals surface area contributed by atoms with Gasteiger partial charge in [0.25, 0.3) is 0 Å². The van der Waals surface area contributed by atoms with Gasteiger partial charge in [0.15, 0.2) is 0 Å². The van der Waals surface area contributed by atoms with Crippen molar-refractivity contribution in [3.8, 4) is 0 Å². The number of ether oxygens (including phenoxy) is 1. The minimum atomic E-state index is -0.0203. The zero-order valence-electron chi connectivity index (χ0n) is 11.2. The third-order valence-electron chi connectivity index (χ3n) is 3.13. The van der Waals surface area contributed by atoms with Crippen LogP contribution in [0.15, 0.2) is 4.47 Å². The fourth-order valence-electron chi connectivity index (χ4n) is 2.12. The molecule has 2 heterocycles. The molecule has 0 aromatic carbocycles. The second-order valence-corrected chi connectivity index (χ2v) is 5.55. The Morgan fingerprint density at radius 2 is 1.89 bits per heavy atom. The van der Waals surface area contributed by atoms with Crippen LogP contribution in [-0.2, 0) is 16.0 Å². The molecular formula is C13H18BrN3O2. The van der Waals surface area contributed by atoms with Crippen molar-refractivity contribution < 1.29 is 9.53 Å². The molecule has 0 spiro atoms. The van der Waals surface area contributed by atoms with Crippen LogP contribution < -0.4 is 5.32 Å². The highest BCUT2D eigenvalue weighted by molar-refractivity contribution is 9.10.